The summed E-state index contributed by atoms with van der Waals surface area (Å²) in [7, 11) is 3.41. The zero-order valence-electron chi connectivity index (χ0n) is 10.6. The SMILES string of the molecule is COc1cc(CCl)cc(Br)c1OCc1ncnn1C. The van der Waals surface area contributed by atoms with Crippen molar-refractivity contribution >= 4 is 27.5 Å². The van der Waals surface area contributed by atoms with Gasteiger partial charge in [0.05, 0.1) is 11.6 Å². The summed E-state index contributed by atoms with van der Waals surface area (Å²) >= 11 is 9.28. The lowest BCUT2D eigenvalue weighted by atomic mass is 10.2. The van der Waals surface area contributed by atoms with Gasteiger partial charge in [-0.05, 0) is 33.6 Å². The predicted molar refractivity (Wildman–Crippen MR) is 75.6 cm³/mol. The van der Waals surface area contributed by atoms with Crippen LogP contribution in [0, 0.1) is 0 Å². The Balaban J connectivity index is 2.22. The molecule has 0 spiro atoms. The van der Waals surface area contributed by atoms with Crippen LogP contribution in [0.4, 0.5) is 0 Å². The van der Waals surface area contributed by atoms with E-state index in [1.807, 2.05) is 19.2 Å². The minimum absolute atomic E-state index is 0.311. The lowest BCUT2D eigenvalue weighted by Gasteiger charge is -2.13. The highest BCUT2D eigenvalue weighted by Gasteiger charge is 2.12. The molecule has 0 aliphatic rings. The number of ether oxygens (including phenoxy) is 2. The van der Waals surface area contributed by atoms with Crippen LogP contribution in [-0.4, -0.2) is 21.9 Å². The van der Waals surface area contributed by atoms with Gasteiger partial charge in [-0.1, -0.05) is 0 Å². The summed E-state index contributed by atoms with van der Waals surface area (Å²) in [5, 5.41) is 3.99. The number of alkyl halides is 1. The van der Waals surface area contributed by atoms with Crippen molar-refractivity contribution in [2.24, 2.45) is 7.05 Å². The molecule has 0 saturated heterocycles. The van der Waals surface area contributed by atoms with Gasteiger partial charge in [-0.2, -0.15) is 5.10 Å². The molecular weight excluding hydrogens is 334 g/mol. The normalized spacial score (nSPS) is 10.5. The fourth-order valence-corrected chi connectivity index (χ4v) is 2.34. The number of aryl methyl sites for hydroxylation is 1. The summed E-state index contributed by atoms with van der Waals surface area (Å²) in [6, 6.07) is 3.76. The average molecular weight is 347 g/mol. The third-order valence-corrected chi connectivity index (χ3v) is 3.49. The predicted octanol–water partition coefficient (Wildman–Crippen LogP) is 2.90. The number of rotatable bonds is 5. The largest absolute Gasteiger partial charge is 0.493 e. The Bertz CT molecular complexity index is 574. The average Bonchev–Trinajstić information content (AvgIpc) is 2.82. The van der Waals surface area contributed by atoms with E-state index >= 15 is 0 Å². The van der Waals surface area contributed by atoms with Crippen molar-refractivity contribution in [1.29, 1.82) is 0 Å². The molecule has 1 aromatic heterocycles. The van der Waals surface area contributed by atoms with Crippen molar-refractivity contribution in [3.63, 3.8) is 0 Å². The lowest BCUT2D eigenvalue weighted by Crippen LogP contribution is -2.05. The molecule has 0 fully saturated rings. The zero-order valence-corrected chi connectivity index (χ0v) is 12.9. The molecule has 102 valence electrons. The fourth-order valence-electron chi connectivity index (χ4n) is 1.58. The molecule has 0 radical (unpaired) electrons. The highest BCUT2D eigenvalue weighted by atomic mass is 79.9. The number of methoxy groups -OCH3 is 1. The molecule has 1 aromatic carbocycles. The van der Waals surface area contributed by atoms with E-state index in [1.165, 1.54) is 6.33 Å². The molecule has 0 aliphatic heterocycles. The van der Waals surface area contributed by atoms with Crippen LogP contribution in [0.3, 0.4) is 0 Å². The monoisotopic (exact) mass is 345 g/mol. The van der Waals surface area contributed by atoms with Crippen LogP contribution in [0.25, 0.3) is 0 Å². The molecule has 0 unspecified atom stereocenters. The first-order valence-electron chi connectivity index (χ1n) is 5.53. The van der Waals surface area contributed by atoms with E-state index in [0.29, 0.717) is 24.0 Å². The first kappa shape index (κ1) is 14.1. The summed E-state index contributed by atoms with van der Waals surface area (Å²) in [4.78, 5) is 4.10. The molecule has 0 atom stereocenters. The topological polar surface area (TPSA) is 49.2 Å². The molecule has 1 heterocycles. The van der Waals surface area contributed by atoms with E-state index in [4.69, 9.17) is 21.1 Å². The van der Waals surface area contributed by atoms with Crippen molar-refractivity contribution in [2.45, 2.75) is 12.5 Å². The maximum Gasteiger partial charge on any atom is 0.176 e. The van der Waals surface area contributed by atoms with E-state index in [9.17, 15) is 0 Å². The Morgan fingerprint density at radius 3 is 2.79 bits per heavy atom. The maximum absolute atomic E-state index is 5.82. The minimum Gasteiger partial charge on any atom is -0.493 e. The van der Waals surface area contributed by atoms with Crippen molar-refractivity contribution in [2.75, 3.05) is 7.11 Å². The van der Waals surface area contributed by atoms with Gasteiger partial charge in [0.15, 0.2) is 17.3 Å². The highest BCUT2D eigenvalue weighted by molar-refractivity contribution is 9.10. The van der Waals surface area contributed by atoms with E-state index < -0.39 is 0 Å². The molecule has 0 saturated carbocycles. The van der Waals surface area contributed by atoms with Crippen LogP contribution in [-0.2, 0) is 19.5 Å². The van der Waals surface area contributed by atoms with Gasteiger partial charge in [0.25, 0.3) is 0 Å². The van der Waals surface area contributed by atoms with E-state index in [2.05, 4.69) is 26.0 Å². The summed E-state index contributed by atoms with van der Waals surface area (Å²) in [5.74, 6) is 2.40. The van der Waals surface area contributed by atoms with Gasteiger partial charge < -0.3 is 9.47 Å². The maximum atomic E-state index is 5.82. The quantitative estimate of drug-likeness (QED) is 0.781. The molecule has 0 N–H and O–H groups in total. The summed E-state index contributed by atoms with van der Waals surface area (Å²) in [6.45, 7) is 0.311. The second-order valence-corrected chi connectivity index (χ2v) is 4.95. The summed E-state index contributed by atoms with van der Waals surface area (Å²) in [5.41, 5.74) is 0.955. The fraction of sp³-hybridized carbons (Fsp3) is 0.333. The number of hydrogen-bond donors (Lipinski definition) is 0. The standard InChI is InChI=1S/C12H13BrClN3O2/c1-17-11(15-7-16-17)6-19-12-9(13)3-8(5-14)4-10(12)18-2/h3-4,7H,5-6H2,1-2H3. The Morgan fingerprint density at radius 2 is 2.21 bits per heavy atom. The Morgan fingerprint density at radius 1 is 1.42 bits per heavy atom. The molecule has 5 nitrogen and oxygen atoms in total. The molecule has 0 bridgehead atoms. The van der Waals surface area contributed by atoms with E-state index in [-0.39, 0.29) is 0 Å². The van der Waals surface area contributed by atoms with Gasteiger partial charge in [0.2, 0.25) is 0 Å². The third kappa shape index (κ3) is 3.19. The molecule has 7 heteroatoms. The molecule has 2 aromatic rings. The smallest absolute Gasteiger partial charge is 0.176 e. The van der Waals surface area contributed by atoms with Gasteiger partial charge in [0.1, 0.15) is 12.9 Å². The minimum atomic E-state index is 0.311. The van der Waals surface area contributed by atoms with E-state index in [0.717, 1.165) is 15.9 Å². The highest BCUT2D eigenvalue weighted by Crippen LogP contribution is 2.37. The van der Waals surface area contributed by atoms with Crippen LogP contribution in [0.15, 0.2) is 22.9 Å². The van der Waals surface area contributed by atoms with Gasteiger partial charge in [-0.25, -0.2) is 4.98 Å². The number of nitrogens with zero attached hydrogens (tertiary/aromatic N) is 3. The molecule has 19 heavy (non-hydrogen) atoms. The summed E-state index contributed by atoms with van der Waals surface area (Å²) < 4.78 is 13.5. The third-order valence-electron chi connectivity index (χ3n) is 2.59. The van der Waals surface area contributed by atoms with E-state index in [1.54, 1.807) is 11.8 Å². The van der Waals surface area contributed by atoms with Crippen LogP contribution in [0.5, 0.6) is 11.5 Å². The van der Waals surface area contributed by atoms with Crippen LogP contribution in [0.1, 0.15) is 11.4 Å². The first-order valence-corrected chi connectivity index (χ1v) is 6.86. The Hall–Kier alpha value is -1.27. The van der Waals surface area contributed by atoms with Crippen molar-refractivity contribution < 1.29 is 9.47 Å². The zero-order chi connectivity index (χ0) is 13.8. The van der Waals surface area contributed by atoms with Crippen molar-refractivity contribution in [1.82, 2.24) is 14.8 Å². The second kappa shape index (κ2) is 6.25. The lowest BCUT2D eigenvalue weighted by molar-refractivity contribution is 0.269. The van der Waals surface area contributed by atoms with Gasteiger partial charge in [0, 0.05) is 12.9 Å². The van der Waals surface area contributed by atoms with Crippen LogP contribution < -0.4 is 9.47 Å². The first-order chi connectivity index (χ1) is 9.15. The number of halogens is 2. The number of benzene rings is 1. The Kier molecular flexibility index (Phi) is 4.66. The molecular formula is C12H13BrClN3O2. The number of aromatic nitrogens is 3. The van der Waals surface area contributed by atoms with Crippen molar-refractivity contribution in [3.05, 3.63) is 34.3 Å². The molecule has 0 aliphatic carbocycles. The van der Waals surface area contributed by atoms with Crippen LogP contribution >= 0.6 is 27.5 Å². The van der Waals surface area contributed by atoms with Gasteiger partial charge >= 0.3 is 0 Å². The second-order valence-electron chi connectivity index (χ2n) is 3.83. The van der Waals surface area contributed by atoms with Gasteiger partial charge in [-0.3, -0.25) is 4.68 Å². The molecule has 0 amide bonds. The van der Waals surface area contributed by atoms with Gasteiger partial charge in [-0.15, -0.1) is 11.6 Å². The molecule has 2 rings (SSSR count). The number of hydrogen-bond acceptors (Lipinski definition) is 4. The van der Waals surface area contributed by atoms with Crippen molar-refractivity contribution in [3.8, 4) is 11.5 Å². The summed E-state index contributed by atoms with van der Waals surface area (Å²) in [6.07, 6.45) is 1.49. The van der Waals surface area contributed by atoms with Crippen LogP contribution in [0.2, 0.25) is 0 Å². The Labute approximate surface area is 124 Å².